The zero-order chi connectivity index (χ0) is 15.1. The smallest absolute Gasteiger partial charge is 0.0628 e. The molecular weight excluding hydrogens is 258 g/mol. The third-order valence-electron chi connectivity index (χ3n) is 5.52. The summed E-state index contributed by atoms with van der Waals surface area (Å²) >= 11 is 0. The molecule has 114 valence electrons. The number of aliphatic hydroxyl groups is 1. The van der Waals surface area contributed by atoms with Crippen molar-refractivity contribution in [2.75, 3.05) is 13.1 Å². The van der Waals surface area contributed by atoms with E-state index in [9.17, 15) is 5.11 Å². The van der Waals surface area contributed by atoms with Crippen molar-refractivity contribution < 1.29 is 5.11 Å². The second kappa shape index (κ2) is 5.26. The van der Waals surface area contributed by atoms with E-state index >= 15 is 0 Å². The van der Waals surface area contributed by atoms with Gasteiger partial charge in [0.1, 0.15) is 0 Å². The molecule has 2 nitrogen and oxygen atoms in total. The van der Waals surface area contributed by atoms with Gasteiger partial charge in [-0.25, -0.2) is 0 Å². The van der Waals surface area contributed by atoms with Gasteiger partial charge in [-0.2, -0.15) is 0 Å². The second-order valence-electron chi connectivity index (χ2n) is 7.61. The molecule has 1 N–H and O–H groups in total. The lowest BCUT2D eigenvalue weighted by Crippen LogP contribution is -2.51. The monoisotopic (exact) mass is 285 g/mol. The quantitative estimate of drug-likeness (QED) is 0.839. The Balaban J connectivity index is 1.80. The number of benzene rings is 1. The highest BCUT2D eigenvalue weighted by Crippen LogP contribution is 2.52. The molecule has 2 aliphatic rings. The first kappa shape index (κ1) is 14.8. The minimum atomic E-state index is -0.197. The lowest BCUT2D eigenvalue weighted by molar-refractivity contribution is -0.00257. The summed E-state index contributed by atoms with van der Waals surface area (Å²) in [6.07, 6.45) is 4.20. The van der Waals surface area contributed by atoms with Crippen LogP contribution in [0.1, 0.15) is 39.2 Å². The Morgan fingerprint density at radius 1 is 1.19 bits per heavy atom. The van der Waals surface area contributed by atoms with Crippen LogP contribution in [0.2, 0.25) is 0 Å². The first-order chi connectivity index (χ1) is 9.92. The molecule has 0 amide bonds. The highest BCUT2D eigenvalue weighted by molar-refractivity contribution is 5.29. The highest BCUT2D eigenvalue weighted by atomic mass is 16.3. The van der Waals surface area contributed by atoms with Crippen molar-refractivity contribution in [1.82, 2.24) is 4.90 Å². The second-order valence-corrected chi connectivity index (χ2v) is 7.61. The molecule has 3 rings (SSSR count). The molecule has 1 heterocycles. The van der Waals surface area contributed by atoms with Gasteiger partial charge in [-0.3, -0.25) is 4.90 Å². The van der Waals surface area contributed by atoms with Crippen LogP contribution in [-0.2, 0) is 6.54 Å². The Hall–Kier alpha value is -1.12. The number of nitrogens with zero attached hydrogens (tertiary/aromatic N) is 1. The van der Waals surface area contributed by atoms with Crippen LogP contribution in [0.4, 0.5) is 0 Å². The van der Waals surface area contributed by atoms with E-state index in [1.54, 1.807) is 0 Å². The van der Waals surface area contributed by atoms with Crippen LogP contribution >= 0.6 is 0 Å². The summed E-state index contributed by atoms with van der Waals surface area (Å²) in [4.78, 5) is 2.53. The zero-order valence-electron chi connectivity index (χ0n) is 13.5. The summed E-state index contributed by atoms with van der Waals surface area (Å²) in [5, 5.41) is 10.3. The molecule has 1 aliphatic heterocycles. The molecule has 0 spiro atoms. The van der Waals surface area contributed by atoms with Gasteiger partial charge in [-0.1, -0.05) is 62.8 Å². The topological polar surface area (TPSA) is 23.5 Å². The Bertz CT molecular complexity index is 534. The van der Waals surface area contributed by atoms with Crippen LogP contribution in [0.5, 0.6) is 0 Å². The van der Waals surface area contributed by atoms with Crippen molar-refractivity contribution in [1.29, 1.82) is 0 Å². The maximum atomic E-state index is 10.3. The predicted octanol–water partition coefficient (Wildman–Crippen LogP) is 3.62. The van der Waals surface area contributed by atoms with E-state index in [4.69, 9.17) is 0 Å². The van der Waals surface area contributed by atoms with E-state index in [2.05, 4.69) is 62.1 Å². The fraction of sp³-hybridized carbons (Fsp3) is 0.579. The standard InChI is InChI=1S/C19H27NO/c1-18(2)16-10-12-20(13-15-7-5-4-6-8-15)14-19(16,3)11-9-17(18)21/h4-8,10,17,21H,9,11-14H2,1-3H3. The van der Waals surface area contributed by atoms with Gasteiger partial charge in [0.15, 0.2) is 0 Å². The third kappa shape index (κ3) is 2.67. The summed E-state index contributed by atoms with van der Waals surface area (Å²) in [5.41, 5.74) is 2.99. The molecule has 2 unspecified atom stereocenters. The first-order valence-corrected chi connectivity index (χ1v) is 8.07. The van der Waals surface area contributed by atoms with E-state index in [0.29, 0.717) is 0 Å². The lowest BCUT2D eigenvalue weighted by atomic mass is 9.58. The number of rotatable bonds is 2. The lowest BCUT2D eigenvalue weighted by Gasteiger charge is -2.52. The van der Waals surface area contributed by atoms with Crippen LogP contribution in [0.3, 0.4) is 0 Å². The predicted molar refractivity (Wildman–Crippen MR) is 86.9 cm³/mol. The van der Waals surface area contributed by atoms with E-state index in [-0.39, 0.29) is 16.9 Å². The summed E-state index contributed by atoms with van der Waals surface area (Å²) < 4.78 is 0. The van der Waals surface area contributed by atoms with Crippen molar-refractivity contribution in [2.45, 2.75) is 46.3 Å². The SMILES string of the molecule is CC12CCC(O)C(C)(C)C1=CCN(Cc1ccccc1)C2. The number of aliphatic hydroxyl groups excluding tert-OH is 1. The minimum absolute atomic E-state index is 0.0775. The average Bonchev–Trinajstić information content (AvgIpc) is 2.44. The highest BCUT2D eigenvalue weighted by Gasteiger charge is 2.48. The van der Waals surface area contributed by atoms with Gasteiger partial charge < -0.3 is 5.11 Å². The molecule has 2 atom stereocenters. The van der Waals surface area contributed by atoms with E-state index in [0.717, 1.165) is 32.5 Å². The summed E-state index contributed by atoms with van der Waals surface area (Å²) in [6.45, 7) is 9.90. The molecule has 0 aromatic heterocycles. The molecule has 21 heavy (non-hydrogen) atoms. The van der Waals surface area contributed by atoms with Gasteiger partial charge in [0.05, 0.1) is 6.10 Å². The Morgan fingerprint density at radius 2 is 1.90 bits per heavy atom. The van der Waals surface area contributed by atoms with Gasteiger partial charge in [-0.05, 0) is 18.4 Å². The fourth-order valence-electron chi connectivity index (χ4n) is 4.32. The van der Waals surface area contributed by atoms with Crippen molar-refractivity contribution in [2.24, 2.45) is 10.8 Å². The van der Waals surface area contributed by atoms with Crippen molar-refractivity contribution in [3.05, 3.63) is 47.5 Å². The van der Waals surface area contributed by atoms with Crippen molar-refractivity contribution in [3.63, 3.8) is 0 Å². The third-order valence-corrected chi connectivity index (χ3v) is 5.52. The summed E-state index contributed by atoms with van der Waals surface area (Å²) in [5.74, 6) is 0. The fourth-order valence-corrected chi connectivity index (χ4v) is 4.32. The minimum Gasteiger partial charge on any atom is -0.392 e. The van der Waals surface area contributed by atoms with E-state index in [1.807, 2.05) is 0 Å². The van der Waals surface area contributed by atoms with Gasteiger partial charge in [0, 0.05) is 30.5 Å². The molecule has 1 aliphatic carbocycles. The first-order valence-electron chi connectivity index (χ1n) is 8.07. The molecule has 1 fully saturated rings. The molecule has 2 heteroatoms. The van der Waals surface area contributed by atoms with E-state index < -0.39 is 0 Å². The van der Waals surface area contributed by atoms with Crippen LogP contribution in [0.25, 0.3) is 0 Å². The molecule has 0 bridgehead atoms. The van der Waals surface area contributed by atoms with Crippen LogP contribution in [-0.4, -0.2) is 29.2 Å². The molecule has 0 saturated heterocycles. The van der Waals surface area contributed by atoms with Crippen LogP contribution in [0, 0.1) is 10.8 Å². The van der Waals surface area contributed by atoms with Gasteiger partial charge in [0.2, 0.25) is 0 Å². The number of fused-ring (bicyclic) bond motifs is 1. The molecule has 1 saturated carbocycles. The normalized spacial score (nSPS) is 32.4. The van der Waals surface area contributed by atoms with E-state index in [1.165, 1.54) is 11.1 Å². The Morgan fingerprint density at radius 3 is 2.62 bits per heavy atom. The van der Waals surface area contributed by atoms with Crippen LogP contribution in [0.15, 0.2) is 42.0 Å². The molecule has 0 radical (unpaired) electrons. The van der Waals surface area contributed by atoms with Crippen LogP contribution < -0.4 is 0 Å². The average molecular weight is 285 g/mol. The number of hydrogen-bond acceptors (Lipinski definition) is 2. The molecular formula is C19H27NO. The largest absolute Gasteiger partial charge is 0.392 e. The Kier molecular flexibility index (Phi) is 3.71. The number of hydrogen-bond donors (Lipinski definition) is 1. The van der Waals surface area contributed by atoms with Crippen molar-refractivity contribution in [3.8, 4) is 0 Å². The maximum absolute atomic E-state index is 10.3. The summed E-state index contributed by atoms with van der Waals surface area (Å²) in [7, 11) is 0. The van der Waals surface area contributed by atoms with Gasteiger partial charge in [-0.15, -0.1) is 0 Å². The Labute approximate surface area is 128 Å². The molecule has 1 aromatic carbocycles. The van der Waals surface area contributed by atoms with Crippen molar-refractivity contribution >= 4 is 0 Å². The van der Waals surface area contributed by atoms with Gasteiger partial charge in [0.25, 0.3) is 0 Å². The zero-order valence-corrected chi connectivity index (χ0v) is 13.5. The van der Waals surface area contributed by atoms with Gasteiger partial charge >= 0.3 is 0 Å². The summed E-state index contributed by atoms with van der Waals surface area (Å²) in [6, 6.07) is 10.7. The maximum Gasteiger partial charge on any atom is 0.0628 e. The molecule has 1 aromatic rings.